The minimum atomic E-state index is -0.0280. The number of anilines is 1. The van der Waals surface area contributed by atoms with Gasteiger partial charge in [0.05, 0.1) is 5.54 Å². The first-order chi connectivity index (χ1) is 8.51. The van der Waals surface area contributed by atoms with Gasteiger partial charge in [-0.15, -0.1) is 0 Å². The van der Waals surface area contributed by atoms with Crippen LogP contribution in [0.5, 0.6) is 0 Å². The zero-order valence-electron chi connectivity index (χ0n) is 11.0. The molecule has 1 heterocycles. The predicted octanol–water partition coefficient (Wildman–Crippen LogP) is 3.72. The summed E-state index contributed by atoms with van der Waals surface area (Å²) >= 11 is 5.60. The topological polar surface area (TPSA) is 38.0 Å². The Morgan fingerprint density at radius 3 is 2.72 bits per heavy atom. The van der Waals surface area contributed by atoms with E-state index in [-0.39, 0.29) is 11.0 Å². The fourth-order valence-corrected chi connectivity index (χ4v) is 4.53. The molecule has 0 radical (unpaired) electrons. The summed E-state index contributed by atoms with van der Waals surface area (Å²) in [7, 11) is 0. The van der Waals surface area contributed by atoms with Gasteiger partial charge in [-0.2, -0.15) is 11.8 Å². The summed E-state index contributed by atoms with van der Waals surface area (Å²) in [6.07, 6.45) is 1.20. The molecule has 0 amide bonds. The van der Waals surface area contributed by atoms with E-state index < -0.39 is 0 Å². The normalized spacial score (nSPS) is 26.9. The number of thioether (sulfide) groups is 1. The van der Waals surface area contributed by atoms with E-state index in [1.54, 1.807) is 0 Å². The lowest BCUT2D eigenvalue weighted by Crippen LogP contribution is -2.60. The maximum Gasteiger partial charge on any atom is 0.0637 e. The van der Waals surface area contributed by atoms with Crippen molar-refractivity contribution in [1.29, 1.82) is 0 Å². The Bertz CT molecular complexity index is 422. The van der Waals surface area contributed by atoms with Crippen LogP contribution in [0.4, 0.5) is 5.69 Å². The highest BCUT2D eigenvalue weighted by Gasteiger charge is 2.46. The van der Waals surface area contributed by atoms with E-state index >= 15 is 0 Å². The van der Waals surface area contributed by atoms with Crippen LogP contribution in [0.15, 0.2) is 28.7 Å². The highest BCUT2D eigenvalue weighted by molar-refractivity contribution is 9.10. The lowest BCUT2D eigenvalue weighted by Gasteiger charge is -2.50. The molecule has 0 saturated carbocycles. The van der Waals surface area contributed by atoms with Gasteiger partial charge in [-0.25, -0.2) is 0 Å². The Balaban J connectivity index is 2.30. The first-order valence-corrected chi connectivity index (χ1v) is 8.26. The molecular weight excluding hydrogens is 308 g/mol. The first-order valence-electron chi connectivity index (χ1n) is 6.31. The van der Waals surface area contributed by atoms with Crippen molar-refractivity contribution in [2.45, 2.75) is 25.8 Å². The van der Waals surface area contributed by atoms with E-state index in [9.17, 15) is 0 Å². The van der Waals surface area contributed by atoms with Gasteiger partial charge < -0.3 is 11.1 Å². The Morgan fingerprint density at radius 1 is 1.39 bits per heavy atom. The largest absolute Gasteiger partial charge is 0.376 e. The van der Waals surface area contributed by atoms with Crippen LogP contribution >= 0.6 is 27.7 Å². The quantitative estimate of drug-likeness (QED) is 0.888. The van der Waals surface area contributed by atoms with E-state index in [1.165, 1.54) is 12.2 Å². The maximum atomic E-state index is 6.12. The lowest BCUT2D eigenvalue weighted by atomic mass is 9.70. The van der Waals surface area contributed by atoms with Crippen LogP contribution < -0.4 is 11.1 Å². The maximum absolute atomic E-state index is 6.12. The number of nitrogens with two attached hydrogens (primary N) is 1. The van der Waals surface area contributed by atoms with Gasteiger partial charge in [-0.05, 0) is 45.7 Å². The fraction of sp³-hybridized carbons (Fsp3) is 0.571. The van der Waals surface area contributed by atoms with Crippen molar-refractivity contribution < 1.29 is 0 Å². The molecule has 1 fully saturated rings. The Hall–Kier alpha value is -0.190. The van der Waals surface area contributed by atoms with Gasteiger partial charge in [0.2, 0.25) is 0 Å². The third-order valence-corrected chi connectivity index (χ3v) is 5.99. The third kappa shape index (κ3) is 2.56. The van der Waals surface area contributed by atoms with Gasteiger partial charge in [-0.1, -0.05) is 26.0 Å². The second kappa shape index (κ2) is 5.43. The van der Waals surface area contributed by atoms with E-state index in [1.807, 2.05) is 17.8 Å². The van der Waals surface area contributed by atoms with Crippen molar-refractivity contribution in [2.24, 2.45) is 11.1 Å². The minimum absolute atomic E-state index is 0.0280. The van der Waals surface area contributed by atoms with Crippen molar-refractivity contribution >= 4 is 33.4 Å². The Morgan fingerprint density at radius 2 is 2.11 bits per heavy atom. The molecule has 100 valence electrons. The van der Waals surface area contributed by atoms with Gasteiger partial charge in [-0.3, -0.25) is 0 Å². The van der Waals surface area contributed by atoms with E-state index in [0.717, 1.165) is 15.9 Å². The first kappa shape index (κ1) is 14.2. The van der Waals surface area contributed by atoms with Gasteiger partial charge in [0.15, 0.2) is 0 Å². The van der Waals surface area contributed by atoms with Crippen molar-refractivity contribution in [3.63, 3.8) is 0 Å². The van der Waals surface area contributed by atoms with Gasteiger partial charge in [0.1, 0.15) is 0 Å². The monoisotopic (exact) mass is 328 g/mol. The molecule has 1 aromatic carbocycles. The lowest BCUT2D eigenvalue weighted by molar-refractivity contribution is 0.203. The van der Waals surface area contributed by atoms with Crippen molar-refractivity contribution in [1.82, 2.24) is 0 Å². The molecule has 4 heteroatoms. The van der Waals surface area contributed by atoms with E-state index in [0.29, 0.717) is 6.54 Å². The van der Waals surface area contributed by atoms with Crippen LogP contribution in [0.1, 0.15) is 20.3 Å². The second-order valence-electron chi connectivity index (χ2n) is 5.58. The van der Waals surface area contributed by atoms with Crippen LogP contribution in [0.25, 0.3) is 0 Å². The molecule has 1 unspecified atom stereocenters. The zero-order valence-corrected chi connectivity index (χ0v) is 13.4. The standard InChI is InChI=1S/C14H21BrN2S/c1-13(2)7-8-18-10-14(13,9-16)17-12-6-4-3-5-11(12)15/h3-6,17H,7-10,16H2,1-2H3. The third-order valence-electron chi connectivity index (χ3n) is 4.11. The fourth-order valence-electron chi connectivity index (χ4n) is 2.42. The number of nitrogens with one attached hydrogen (secondary N) is 1. The SMILES string of the molecule is CC1(C)CCSCC1(CN)Nc1ccccc1Br. The molecule has 2 nitrogen and oxygen atoms in total. The smallest absolute Gasteiger partial charge is 0.0637 e. The average molecular weight is 329 g/mol. The summed E-state index contributed by atoms with van der Waals surface area (Å²) in [5.74, 6) is 2.30. The molecule has 0 spiro atoms. The Kier molecular flexibility index (Phi) is 4.29. The molecule has 0 aromatic heterocycles. The molecule has 1 saturated heterocycles. The highest BCUT2D eigenvalue weighted by Crippen LogP contribution is 2.44. The number of para-hydroxylation sites is 1. The molecule has 0 bridgehead atoms. The van der Waals surface area contributed by atoms with E-state index in [2.05, 4.69) is 53.3 Å². The molecule has 0 aliphatic carbocycles. The minimum Gasteiger partial charge on any atom is -0.376 e. The number of hydrogen-bond acceptors (Lipinski definition) is 3. The van der Waals surface area contributed by atoms with Crippen LogP contribution in [-0.4, -0.2) is 23.6 Å². The summed E-state index contributed by atoms with van der Waals surface area (Å²) in [5.41, 5.74) is 7.44. The van der Waals surface area contributed by atoms with Crippen LogP contribution in [0, 0.1) is 5.41 Å². The molecule has 1 aliphatic rings. The molecule has 1 aromatic rings. The summed E-state index contributed by atoms with van der Waals surface area (Å²) in [6, 6.07) is 8.26. The van der Waals surface area contributed by atoms with Crippen LogP contribution in [0.2, 0.25) is 0 Å². The molecular formula is C14H21BrN2S. The Labute approximate surface area is 122 Å². The van der Waals surface area contributed by atoms with Gasteiger partial charge in [0.25, 0.3) is 0 Å². The highest BCUT2D eigenvalue weighted by atomic mass is 79.9. The number of rotatable bonds is 3. The van der Waals surface area contributed by atoms with Crippen LogP contribution in [0.3, 0.4) is 0 Å². The summed E-state index contributed by atoms with van der Waals surface area (Å²) < 4.78 is 1.10. The summed E-state index contributed by atoms with van der Waals surface area (Å²) in [4.78, 5) is 0. The molecule has 18 heavy (non-hydrogen) atoms. The van der Waals surface area contributed by atoms with Crippen molar-refractivity contribution in [3.05, 3.63) is 28.7 Å². The van der Waals surface area contributed by atoms with Gasteiger partial charge >= 0.3 is 0 Å². The predicted molar refractivity (Wildman–Crippen MR) is 85.3 cm³/mol. The number of halogens is 1. The molecule has 1 atom stereocenters. The average Bonchev–Trinajstić information content (AvgIpc) is 2.34. The number of benzene rings is 1. The summed E-state index contributed by atoms with van der Waals surface area (Å²) in [6.45, 7) is 5.31. The molecule has 2 rings (SSSR count). The van der Waals surface area contributed by atoms with Crippen LogP contribution in [-0.2, 0) is 0 Å². The summed E-state index contributed by atoms with van der Waals surface area (Å²) in [5, 5.41) is 3.71. The van der Waals surface area contributed by atoms with Crippen molar-refractivity contribution in [2.75, 3.05) is 23.4 Å². The zero-order chi connectivity index (χ0) is 13.2. The van der Waals surface area contributed by atoms with Crippen molar-refractivity contribution in [3.8, 4) is 0 Å². The van der Waals surface area contributed by atoms with Gasteiger partial charge in [0, 0.05) is 22.5 Å². The molecule has 1 aliphatic heterocycles. The van der Waals surface area contributed by atoms with E-state index in [4.69, 9.17) is 5.73 Å². The molecule has 3 N–H and O–H groups in total. The second-order valence-corrected chi connectivity index (χ2v) is 7.54. The number of hydrogen-bond donors (Lipinski definition) is 2.